The largest absolute Gasteiger partial charge is 0.465 e. The standard InChI is InChI=1S/C9H10O2.C8H7BrO2/c1-2-11-9(10)8-6-4-3-5-7-8;1-11-8(10)6-4-2-3-5-7(6)9/h3-7H,2H2,1H3;2-5H,1H3. The van der Waals surface area contributed by atoms with Crippen molar-refractivity contribution in [3.8, 4) is 0 Å². The topological polar surface area (TPSA) is 52.6 Å². The first-order valence-corrected chi connectivity index (χ1v) is 7.44. The zero-order valence-corrected chi connectivity index (χ0v) is 14.0. The van der Waals surface area contributed by atoms with Crippen molar-refractivity contribution in [2.75, 3.05) is 13.7 Å². The van der Waals surface area contributed by atoms with E-state index in [1.165, 1.54) is 7.11 Å². The number of halogens is 1. The van der Waals surface area contributed by atoms with Gasteiger partial charge in [-0.1, -0.05) is 30.3 Å². The number of carbonyl (C=O) groups excluding carboxylic acids is 2. The fourth-order valence-corrected chi connectivity index (χ4v) is 1.97. The molecule has 0 atom stereocenters. The fourth-order valence-electron chi connectivity index (χ4n) is 1.53. The second-order valence-electron chi connectivity index (χ2n) is 4.06. The van der Waals surface area contributed by atoms with Gasteiger partial charge in [-0.25, -0.2) is 9.59 Å². The van der Waals surface area contributed by atoms with Gasteiger partial charge in [-0.05, 0) is 47.1 Å². The van der Waals surface area contributed by atoms with E-state index in [0.29, 0.717) is 17.7 Å². The molecule has 0 aliphatic heterocycles. The van der Waals surface area contributed by atoms with Crippen molar-refractivity contribution in [3.63, 3.8) is 0 Å². The fraction of sp³-hybridized carbons (Fsp3) is 0.176. The van der Waals surface area contributed by atoms with Crippen molar-refractivity contribution in [1.29, 1.82) is 0 Å². The summed E-state index contributed by atoms with van der Waals surface area (Å²) in [5.74, 6) is -0.578. The lowest BCUT2D eigenvalue weighted by atomic mass is 10.2. The molecule has 0 spiro atoms. The first kappa shape index (κ1) is 17.9. The lowest BCUT2D eigenvalue weighted by molar-refractivity contribution is 0.0525. The Morgan fingerprint density at radius 2 is 1.55 bits per heavy atom. The van der Waals surface area contributed by atoms with Gasteiger partial charge in [0.05, 0.1) is 24.8 Å². The minimum absolute atomic E-state index is 0.256. The van der Waals surface area contributed by atoms with Crippen LogP contribution in [0.3, 0.4) is 0 Å². The molecule has 0 heterocycles. The van der Waals surface area contributed by atoms with E-state index in [-0.39, 0.29) is 11.9 Å². The molecule has 0 amide bonds. The second-order valence-corrected chi connectivity index (χ2v) is 4.91. The molecular formula is C17H17BrO4. The molecule has 0 radical (unpaired) electrons. The molecule has 5 heteroatoms. The van der Waals surface area contributed by atoms with Crippen LogP contribution in [0, 0.1) is 0 Å². The van der Waals surface area contributed by atoms with E-state index in [1.807, 2.05) is 24.3 Å². The van der Waals surface area contributed by atoms with Gasteiger partial charge in [0.1, 0.15) is 0 Å². The highest BCUT2D eigenvalue weighted by Crippen LogP contribution is 2.16. The maximum atomic E-state index is 11.0. The van der Waals surface area contributed by atoms with Crippen LogP contribution in [0.2, 0.25) is 0 Å². The van der Waals surface area contributed by atoms with Gasteiger partial charge in [0.2, 0.25) is 0 Å². The first-order chi connectivity index (χ1) is 10.6. The van der Waals surface area contributed by atoms with Gasteiger partial charge in [-0.2, -0.15) is 0 Å². The molecule has 22 heavy (non-hydrogen) atoms. The molecule has 0 saturated heterocycles. The number of benzene rings is 2. The summed E-state index contributed by atoms with van der Waals surface area (Å²) in [4.78, 5) is 22.0. The predicted molar refractivity (Wildman–Crippen MR) is 87.9 cm³/mol. The SMILES string of the molecule is CCOC(=O)c1ccccc1.COC(=O)c1ccccc1Br. The third-order valence-electron chi connectivity index (χ3n) is 2.56. The first-order valence-electron chi connectivity index (χ1n) is 6.65. The Morgan fingerprint density at radius 3 is 2.09 bits per heavy atom. The Balaban J connectivity index is 0.000000220. The summed E-state index contributed by atoms with van der Waals surface area (Å²) in [6.45, 7) is 2.22. The Hall–Kier alpha value is -2.14. The van der Waals surface area contributed by atoms with Gasteiger partial charge >= 0.3 is 11.9 Å². The highest BCUT2D eigenvalue weighted by molar-refractivity contribution is 9.10. The number of carbonyl (C=O) groups is 2. The van der Waals surface area contributed by atoms with Gasteiger partial charge in [0.15, 0.2) is 0 Å². The van der Waals surface area contributed by atoms with Crippen molar-refractivity contribution in [3.05, 3.63) is 70.2 Å². The second kappa shape index (κ2) is 9.73. The quantitative estimate of drug-likeness (QED) is 0.769. The normalized spacial score (nSPS) is 9.23. The highest BCUT2D eigenvalue weighted by atomic mass is 79.9. The van der Waals surface area contributed by atoms with Crippen LogP contribution in [0.4, 0.5) is 0 Å². The molecule has 0 aromatic heterocycles. The molecule has 0 fully saturated rings. The lowest BCUT2D eigenvalue weighted by Gasteiger charge is -1.99. The van der Waals surface area contributed by atoms with Crippen LogP contribution in [0.25, 0.3) is 0 Å². The smallest absolute Gasteiger partial charge is 0.338 e. The van der Waals surface area contributed by atoms with Gasteiger partial charge in [0.25, 0.3) is 0 Å². The van der Waals surface area contributed by atoms with Crippen molar-refractivity contribution in [2.45, 2.75) is 6.92 Å². The maximum Gasteiger partial charge on any atom is 0.338 e. The summed E-state index contributed by atoms with van der Waals surface area (Å²) < 4.78 is 10.1. The van der Waals surface area contributed by atoms with Crippen molar-refractivity contribution in [1.82, 2.24) is 0 Å². The van der Waals surface area contributed by atoms with Crippen LogP contribution >= 0.6 is 15.9 Å². The number of ether oxygens (including phenoxy) is 2. The predicted octanol–water partition coefficient (Wildman–Crippen LogP) is 4.10. The summed E-state index contributed by atoms with van der Waals surface area (Å²) in [5, 5.41) is 0. The van der Waals surface area contributed by atoms with Crippen LogP contribution in [-0.4, -0.2) is 25.7 Å². The number of hydrogen-bond acceptors (Lipinski definition) is 4. The van der Waals surface area contributed by atoms with Crippen LogP contribution in [0.5, 0.6) is 0 Å². The van der Waals surface area contributed by atoms with Crippen molar-refractivity contribution >= 4 is 27.9 Å². The van der Waals surface area contributed by atoms with Crippen LogP contribution < -0.4 is 0 Å². The molecule has 0 N–H and O–H groups in total. The molecule has 4 nitrogen and oxygen atoms in total. The Morgan fingerprint density at radius 1 is 0.955 bits per heavy atom. The summed E-state index contributed by atoms with van der Waals surface area (Å²) in [7, 11) is 1.36. The molecule has 0 unspecified atom stereocenters. The lowest BCUT2D eigenvalue weighted by Crippen LogP contribution is -2.03. The van der Waals surface area contributed by atoms with E-state index < -0.39 is 0 Å². The van der Waals surface area contributed by atoms with Crippen LogP contribution in [0.1, 0.15) is 27.6 Å². The third kappa shape index (κ3) is 5.69. The Kier molecular flexibility index (Phi) is 7.92. The van der Waals surface area contributed by atoms with E-state index in [9.17, 15) is 9.59 Å². The third-order valence-corrected chi connectivity index (χ3v) is 3.26. The molecule has 2 aromatic rings. The van der Waals surface area contributed by atoms with E-state index in [2.05, 4.69) is 20.7 Å². The van der Waals surface area contributed by atoms with Crippen molar-refractivity contribution < 1.29 is 19.1 Å². The zero-order valence-electron chi connectivity index (χ0n) is 12.4. The molecule has 116 valence electrons. The molecule has 2 rings (SSSR count). The molecule has 0 saturated carbocycles. The van der Waals surface area contributed by atoms with Crippen molar-refractivity contribution in [2.24, 2.45) is 0 Å². The highest BCUT2D eigenvalue weighted by Gasteiger charge is 2.07. The van der Waals surface area contributed by atoms with Crippen LogP contribution in [-0.2, 0) is 9.47 Å². The average Bonchev–Trinajstić information content (AvgIpc) is 2.56. The minimum atomic E-state index is -0.322. The molecule has 0 aliphatic carbocycles. The molecule has 2 aromatic carbocycles. The van der Waals surface area contributed by atoms with Gasteiger partial charge in [-0.3, -0.25) is 0 Å². The summed E-state index contributed by atoms with van der Waals surface area (Å²) in [6.07, 6.45) is 0. The minimum Gasteiger partial charge on any atom is -0.465 e. The number of methoxy groups -OCH3 is 1. The number of esters is 2. The van der Waals surface area contributed by atoms with E-state index in [4.69, 9.17) is 4.74 Å². The van der Waals surface area contributed by atoms with Gasteiger partial charge < -0.3 is 9.47 Å². The van der Waals surface area contributed by atoms with Gasteiger partial charge in [0, 0.05) is 4.47 Å². The monoisotopic (exact) mass is 364 g/mol. The van der Waals surface area contributed by atoms with E-state index in [0.717, 1.165) is 4.47 Å². The number of rotatable bonds is 3. The maximum absolute atomic E-state index is 11.0. The summed E-state index contributed by atoms with van der Waals surface area (Å²) in [6, 6.07) is 16.1. The Bertz CT molecular complexity index is 611. The summed E-state index contributed by atoms with van der Waals surface area (Å²) >= 11 is 3.24. The van der Waals surface area contributed by atoms with Crippen LogP contribution in [0.15, 0.2) is 59.1 Å². The van der Waals surface area contributed by atoms with E-state index >= 15 is 0 Å². The molecule has 0 bridgehead atoms. The Labute approximate surface area is 138 Å². The average molecular weight is 365 g/mol. The van der Waals surface area contributed by atoms with E-state index in [1.54, 1.807) is 37.3 Å². The zero-order chi connectivity index (χ0) is 16.4. The number of hydrogen-bond donors (Lipinski definition) is 0. The van der Waals surface area contributed by atoms with Gasteiger partial charge in [-0.15, -0.1) is 0 Å². The molecular weight excluding hydrogens is 348 g/mol. The summed E-state index contributed by atoms with van der Waals surface area (Å²) in [5.41, 5.74) is 1.16. The molecule has 0 aliphatic rings.